The zero-order valence-electron chi connectivity index (χ0n) is 16.8. The summed E-state index contributed by atoms with van der Waals surface area (Å²) >= 11 is 0. The van der Waals surface area contributed by atoms with Crippen molar-refractivity contribution in [1.29, 1.82) is 0 Å². The third-order valence-corrected chi connectivity index (χ3v) is 4.44. The molecule has 0 aliphatic heterocycles. The number of rotatable bonds is 7. The van der Waals surface area contributed by atoms with Gasteiger partial charge < -0.3 is 21.4 Å². The molecule has 9 heteroatoms. The van der Waals surface area contributed by atoms with Crippen molar-refractivity contribution in [3.05, 3.63) is 59.9 Å². The second kappa shape index (κ2) is 11.5. The lowest BCUT2D eigenvalue weighted by Gasteiger charge is -2.19. The van der Waals surface area contributed by atoms with Crippen LogP contribution in [0.2, 0.25) is 0 Å². The van der Waals surface area contributed by atoms with Crippen molar-refractivity contribution in [1.82, 2.24) is 15.3 Å². The fourth-order valence-corrected chi connectivity index (χ4v) is 3.07. The van der Waals surface area contributed by atoms with Crippen molar-refractivity contribution in [3.8, 4) is 0 Å². The molecule has 162 valence electrons. The number of nitrogens with zero attached hydrogens (tertiary/aromatic N) is 1. The van der Waals surface area contributed by atoms with Crippen LogP contribution < -0.4 is 16.4 Å². The minimum Gasteiger partial charge on any atom is -0.348 e. The monoisotopic (exact) mass is 451 g/mol. The minimum atomic E-state index is -0.256. The van der Waals surface area contributed by atoms with Gasteiger partial charge in [0.05, 0.1) is 17.4 Å². The van der Waals surface area contributed by atoms with Crippen LogP contribution in [0.25, 0.3) is 11.0 Å². The Morgan fingerprint density at radius 3 is 2.50 bits per heavy atom. The highest BCUT2D eigenvalue weighted by molar-refractivity contribution is 6.06. The fraction of sp³-hybridized carbons (Fsp3) is 0.286. The maximum Gasteiger partial charge on any atom is 0.255 e. The Morgan fingerprint density at radius 2 is 1.80 bits per heavy atom. The molecule has 1 unspecified atom stereocenters. The van der Waals surface area contributed by atoms with Crippen molar-refractivity contribution in [3.63, 3.8) is 0 Å². The second-order valence-electron chi connectivity index (χ2n) is 7.21. The number of fused-ring (bicyclic) bond motifs is 1. The summed E-state index contributed by atoms with van der Waals surface area (Å²) in [4.78, 5) is 32.2. The number of benzene rings is 2. The highest BCUT2D eigenvalue weighted by Crippen LogP contribution is 2.16. The maximum absolute atomic E-state index is 12.5. The van der Waals surface area contributed by atoms with Crippen LogP contribution in [0, 0.1) is 5.92 Å². The normalized spacial score (nSPS) is 11.3. The summed E-state index contributed by atoms with van der Waals surface area (Å²) in [6, 6.07) is 12.0. The SMILES string of the molecule is CC(C)CC(CN)NC(=O)c1cccc(NC(=O)c2ccc3nc[nH]c3c2)c1.Cl.Cl. The van der Waals surface area contributed by atoms with E-state index in [1.165, 1.54) is 0 Å². The number of hydrogen-bond acceptors (Lipinski definition) is 4. The molecule has 0 saturated heterocycles. The van der Waals surface area contributed by atoms with Crippen LogP contribution in [0.1, 0.15) is 41.0 Å². The molecule has 0 spiro atoms. The lowest BCUT2D eigenvalue weighted by Crippen LogP contribution is -2.41. The van der Waals surface area contributed by atoms with E-state index < -0.39 is 0 Å². The van der Waals surface area contributed by atoms with Crippen molar-refractivity contribution >= 4 is 53.3 Å². The van der Waals surface area contributed by atoms with Gasteiger partial charge in [-0.2, -0.15) is 0 Å². The summed E-state index contributed by atoms with van der Waals surface area (Å²) < 4.78 is 0. The first kappa shape index (κ1) is 25.4. The van der Waals surface area contributed by atoms with Gasteiger partial charge in [-0.25, -0.2) is 4.98 Å². The molecule has 3 rings (SSSR count). The minimum absolute atomic E-state index is 0. The summed E-state index contributed by atoms with van der Waals surface area (Å²) in [6.07, 6.45) is 2.40. The number of aromatic amines is 1. The molecule has 30 heavy (non-hydrogen) atoms. The number of carbonyl (C=O) groups excluding carboxylic acids is 2. The first-order valence-electron chi connectivity index (χ1n) is 9.31. The number of amides is 2. The standard InChI is InChI=1S/C21H25N5O2.2ClH/c1-13(2)8-17(11-22)26-20(27)14-4-3-5-16(9-14)25-21(28)15-6-7-18-19(10-15)24-12-23-18;;/h3-7,9-10,12-13,17H,8,11,22H2,1-2H3,(H,23,24)(H,25,28)(H,26,27);2*1H. The first-order chi connectivity index (χ1) is 13.5. The lowest BCUT2D eigenvalue weighted by atomic mass is 10.0. The van der Waals surface area contributed by atoms with E-state index in [4.69, 9.17) is 5.73 Å². The summed E-state index contributed by atoms with van der Waals surface area (Å²) in [6.45, 7) is 4.56. The molecule has 2 amide bonds. The van der Waals surface area contributed by atoms with Crippen molar-refractivity contribution < 1.29 is 9.59 Å². The number of anilines is 1. The summed E-state index contributed by atoms with van der Waals surface area (Å²) in [5.74, 6) is -0.0218. The number of aromatic nitrogens is 2. The zero-order valence-corrected chi connectivity index (χ0v) is 18.5. The Kier molecular flexibility index (Phi) is 9.78. The Hall–Kier alpha value is -2.61. The molecule has 0 radical (unpaired) electrons. The van der Waals surface area contributed by atoms with Crippen LogP contribution in [0.5, 0.6) is 0 Å². The predicted molar refractivity (Wildman–Crippen MR) is 125 cm³/mol. The molecule has 3 aromatic rings. The predicted octanol–water partition coefficient (Wildman–Crippen LogP) is 3.76. The number of imidazole rings is 1. The third-order valence-electron chi connectivity index (χ3n) is 4.44. The highest BCUT2D eigenvalue weighted by Gasteiger charge is 2.15. The molecular formula is C21H27Cl2N5O2. The fourth-order valence-electron chi connectivity index (χ4n) is 3.07. The molecule has 5 N–H and O–H groups in total. The Balaban J connectivity index is 0.00000225. The van der Waals surface area contributed by atoms with Crippen LogP contribution in [0.3, 0.4) is 0 Å². The van der Waals surface area contributed by atoms with Gasteiger partial charge in [-0.05, 0) is 48.7 Å². The summed E-state index contributed by atoms with van der Waals surface area (Å²) in [7, 11) is 0. The molecule has 0 bridgehead atoms. The number of nitrogens with one attached hydrogen (secondary N) is 3. The van der Waals surface area contributed by atoms with Gasteiger partial charge in [0.25, 0.3) is 11.8 Å². The van der Waals surface area contributed by atoms with E-state index >= 15 is 0 Å². The Labute approximate surface area is 188 Å². The first-order valence-corrected chi connectivity index (χ1v) is 9.31. The molecule has 0 fully saturated rings. The number of nitrogens with two attached hydrogens (primary N) is 1. The number of hydrogen-bond donors (Lipinski definition) is 4. The second-order valence-corrected chi connectivity index (χ2v) is 7.21. The number of H-pyrrole nitrogens is 1. The Bertz CT molecular complexity index is 990. The van der Waals surface area contributed by atoms with Crippen LogP contribution in [-0.2, 0) is 0 Å². The zero-order chi connectivity index (χ0) is 20.1. The molecular weight excluding hydrogens is 425 g/mol. The van der Waals surface area contributed by atoms with E-state index in [1.807, 2.05) is 0 Å². The maximum atomic E-state index is 12.5. The molecule has 2 aromatic carbocycles. The van der Waals surface area contributed by atoms with Crippen LogP contribution in [0.4, 0.5) is 5.69 Å². The van der Waals surface area contributed by atoms with E-state index in [0.29, 0.717) is 29.3 Å². The van der Waals surface area contributed by atoms with Crippen molar-refractivity contribution in [2.24, 2.45) is 11.7 Å². The molecule has 1 atom stereocenters. The van der Waals surface area contributed by atoms with E-state index in [-0.39, 0.29) is 42.7 Å². The van der Waals surface area contributed by atoms with Crippen molar-refractivity contribution in [2.75, 3.05) is 11.9 Å². The number of carbonyl (C=O) groups is 2. The van der Waals surface area contributed by atoms with Crippen LogP contribution >= 0.6 is 24.8 Å². The van der Waals surface area contributed by atoms with E-state index in [9.17, 15) is 9.59 Å². The highest BCUT2D eigenvalue weighted by atomic mass is 35.5. The average molecular weight is 452 g/mol. The van der Waals surface area contributed by atoms with Gasteiger partial charge in [-0.1, -0.05) is 19.9 Å². The largest absolute Gasteiger partial charge is 0.348 e. The lowest BCUT2D eigenvalue weighted by molar-refractivity contribution is 0.0932. The smallest absolute Gasteiger partial charge is 0.255 e. The summed E-state index contributed by atoms with van der Waals surface area (Å²) in [5.41, 5.74) is 8.88. The van der Waals surface area contributed by atoms with Gasteiger partial charge in [-0.3, -0.25) is 9.59 Å². The molecule has 7 nitrogen and oxygen atoms in total. The van der Waals surface area contributed by atoms with E-state index in [1.54, 1.807) is 48.8 Å². The average Bonchev–Trinajstić information content (AvgIpc) is 3.15. The van der Waals surface area contributed by atoms with E-state index in [2.05, 4.69) is 34.4 Å². The molecule has 0 saturated carbocycles. The third kappa shape index (κ3) is 6.45. The van der Waals surface area contributed by atoms with E-state index in [0.717, 1.165) is 17.5 Å². The van der Waals surface area contributed by atoms with Gasteiger partial charge in [0.1, 0.15) is 0 Å². The molecule has 1 heterocycles. The molecule has 1 aromatic heterocycles. The van der Waals surface area contributed by atoms with Gasteiger partial charge in [0.2, 0.25) is 0 Å². The topological polar surface area (TPSA) is 113 Å². The quantitative estimate of drug-likeness (QED) is 0.437. The van der Waals surface area contributed by atoms with Crippen molar-refractivity contribution in [2.45, 2.75) is 26.3 Å². The van der Waals surface area contributed by atoms with Gasteiger partial charge >= 0.3 is 0 Å². The van der Waals surface area contributed by atoms with Gasteiger partial charge in [0, 0.05) is 29.4 Å². The molecule has 0 aliphatic rings. The van der Waals surface area contributed by atoms with Gasteiger partial charge in [-0.15, -0.1) is 24.8 Å². The van der Waals surface area contributed by atoms with Gasteiger partial charge in [0.15, 0.2) is 0 Å². The molecule has 0 aliphatic carbocycles. The number of halogens is 2. The van der Waals surface area contributed by atoms with Crippen LogP contribution in [-0.4, -0.2) is 34.4 Å². The Morgan fingerprint density at radius 1 is 1.07 bits per heavy atom. The summed E-state index contributed by atoms with van der Waals surface area (Å²) in [5, 5.41) is 5.79. The van der Waals surface area contributed by atoms with Crippen LogP contribution in [0.15, 0.2) is 48.8 Å².